The van der Waals surface area contributed by atoms with E-state index in [1.54, 1.807) is 0 Å². The maximum atomic E-state index is 12.2. The van der Waals surface area contributed by atoms with Gasteiger partial charge in [-0.15, -0.1) is 0 Å². The second kappa shape index (κ2) is 5.35. The molecule has 0 spiro atoms. The third kappa shape index (κ3) is 4.59. The smallest absolute Gasteiger partial charge is 0.406 e. The lowest BCUT2D eigenvalue weighted by Crippen LogP contribution is -2.46. The van der Waals surface area contributed by atoms with Gasteiger partial charge in [0, 0.05) is 6.61 Å². The number of aliphatic carboxylic acids is 1. The summed E-state index contributed by atoms with van der Waals surface area (Å²) in [5.41, 5.74) is 0. The number of carboxylic acid groups (broad SMARTS) is 1. The molecule has 1 heterocycles. The first-order valence-electron chi connectivity index (χ1n) is 4.98. The van der Waals surface area contributed by atoms with Crippen molar-refractivity contribution in [2.45, 2.75) is 25.1 Å². The number of amides is 1. The molecule has 1 aliphatic heterocycles. The van der Waals surface area contributed by atoms with E-state index in [-0.39, 0.29) is 4.90 Å². The number of ether oxygens (including phenoxy) is 1. The van der Waals surface area contributed by atoms with Crippen LogP contribution in [-0.4, -0.2) is 53.9 Å². The van der Waals surface area contributed by atoms with E-state index in [2.05, 4.69) is 0 Å². The maximum Gasteiger partial charge on any atom is 0.406 e. The second-order valence-electron chi connectivity index (χ2n) is 3.70. The summed E-state index contributed by atoms with van der Waals surface area (Å²) in [5, 5.41) is 8.47. The first kappa shape index (κ1) is 13.8. The molecule has 0 aromatic rings. The number of carbonyl (C=O) groups excluding carboxylic acids is 1. The van der Waals surface area contributed by atoms with Gasteiger partial charge in [-0.1, -0.05) is 0 Å². The van der Waals surface area contributed by atoms with E-state index in [4.69, 9.17) is 9.84 Å². The molecule has 0 aromatic carbocycles. The van der Waals surface area contributed by atoms with Crippen molar-refractivity contribution in [3.8, 4) is 0 Å². The van der Waals surface area contributed by atoms with Crippen molar-refractivity contribution in [1.29, 1.82) is 0 Å². The normalized spacial score (nSPS) is 20.3. The van der Waals surface area contributed by atoms with Crippen molar-refractivity contribution in [1.82, 2.24) is 4.90 Å². The van der Waals surface area contributed by atoms with E-state index in [9.17, 15) is 22.8 Å². The molecule has 1 saturated heterocycles. The predicted molar refractivity (Wildman–Crippen MR) is 49.2 cm³/mol. The topological polar surface area (TPSA) is 66.8 Å². The van der Waals surface area contributed by atoms with Crippen LogP contribution in [0.3, 0.4) is 0 Å². The molecular formula is C9H12F3NO4. The fourth-order valence-corrected chi connectivity index (χ4v) is 1.57. The predicted octanol–water partition coefficient (Wildman–Crippen LogP) is 0.641. The summed E-state index contributed by atoms with van der Waals surface area (Å²) in [6.45, 7) is -2.24. The highest BCUT2D eigenvalue weighted by Gasteiger charge is 2.37. The quantitative estimate of drug-likeness (QED) is 0.800. The van der Waals surface area contributed by atoms with Crippen molar-refractivity contribution < 1.29 is 32.6 Å². The van der Waals surface area contributed by atoms with Gasteiger partial charge < -0.3 is 14.7 Å². The Morgan fingerprint density at radius 2 is 2.06 bits per heavy atom. The standard InChI is InChI=1S/C9H12F3NO4/c10-9(11,12)5-13(4-7(14)15)8(16)6-2-1-3-17-6/h6H,1-5H2,(H,14,15). The van der Waals surface area contributed by atoms with Crippen molar-refractivity contribution in [3.63, 3.8) is 0 Å². The van der Waals surface area contributed by atoms with Crippen molar-refractivity contribution >= 4 is 11.9 Å². The molecule has 8 heteroatoms. The Kier molecular flexibility index (Phi) is 4.33. The molecule has 1 unspecified atom stereocenters. The highest BCUT2D eigenvalue weighted by molar-refractivity contribution is 5.84. The lowest BCUT2D eigenvalue weighted by atomic mass is 10.2. The number of hydrogen-bond acceptors (Lipinski definition) is 3. The van der Waals surface area contributed by atoms with Gasteiger partial charge in [0.15, 0.2) is 0 Å². The molecule has 1 amide bonds. The van der Waals surface area contributed by atoms with Crippen molar-refractivity contribution in [3.05, 3.63) is 0 Å². The Labute approximate surface area is 95.1 Å². The molecular weight excluding hydrogens is 243 g/mol. The van der Waals surface area contributed by atoms with E-state index in [0.29, 0.717) is 19.4 Å². The molecule has 1 aliphatic rings. The highest BCUT2D eigenvalue weighted by atomic mass is 19.4. The monoisotopic (exact) mass is 255 g/mol. The molecule has 5 nitrogen and oxygen atoms in total. The van der Waals surface area contributed by atoms with Gasteiger partial charge in [0.05, 0.1) is 0 Å². The molecule has 17 heavy (non-hydrogen) atoms. The van der Waals surface area contributed by atoms with Gasteiger partial charge in [-0.25, -0.2) is 0 Å². The number of alkyl halides is 3. The molecule has 1 fully saturated rings. The first-order valence-corrected chi connectivity index (χ1v) is 4.98. The van der Waals surface area contributed by atoms with Crippen molar-refractivity contribution in [2.24, 2.45) is 0 Å². The van der Waals surface area contributed by atoms with Crippen LogP contribution in [0.4, 0.5) is 13.2 Å². The number of nitrogens with zero attached hydrogens (tertiary/aromatic N) is 1. The molecule has 0 aromatic heterocycles. The Hall–Kier alpha value is -1.31. The van der Waals surface area contributed by atoms with Gasteiger partial charge in [0.2, 0.25) is 0 Å². The first-order chi connectivity index (χ1) is 7.79. The van der Waals surface area contributed by atoms with Crippen LogP contribution in [0.2, 0.25) is 0 Å². The summed E-state index contributed by atoms with van der Waals surface area (Å²) >= 11 is 0. The molecule has 0 bridgehead atoms. The van der Waals surface area contributed by atoms with Crippen LogP contribution in [0.15, 0.2) is 0 Å². The van der Waals surface area contributed by atoms with Gasteiger partial charge in [-0.3, -0.25) is 9.59 Å². The minimum absolute atomic E-state index is 0.262. The van der Waals surface area contributed by atoms with E-state index >= 15 is 0 Å². The van der Waals surface area contributed by atoms with Crippen LogP contribution in [-0.2, 0) is 14.3 Å². The van der Waals surface area contributed by atoms with E-state index < -0.39 is 37.2 Å². The zero-order valence-electron chi connectivity index (χ0n) is 8.87. The van der Waals surface area contributed by atoms with Crippen LogP contribution in [0.1, 0.15) is 12.8 Å². The summed E-state index contributed by atoms with van der Waals surface area (Å²) in [6, 6.07) is 0. The SMILES string of the molecule is O=C(O)CN(CC(F)(F)F)C(=O)C1CCCO1. The Balaban J connectivity index is 2.67. The molecule has 98 valence electrons. The number of hydrogen-bond donors (Lipinski definition) is 1. The largest absolute Gasteiger partial charge is 0.480 e. The fraction of sp³-hybridized carbons (Fsp3) is 0.778. The van der Waals surface area contributed by atoms with E-state index in [1.807, 2.05) is 0 Å². The van der Waals surface area contributed by atoms with Crippen LogP contribution in [0.25, 0.3) is 0 Å². The van der Waals surface area contributed by atoms with Crippen LogP contribution in [0.5, 0.6) is 0 Å². The van der Waals surface area contributed by atoms with E-state index in [1.165, 1.54) is 0 Å². The lowest BCUT2D eigenvalue weighted by molar-refractivity contribution is -0.170. The highest BCUT2D eigenvalue weighted by Crippen LogP contribution is 2.20. The van der Waals surface area contributed by atoms with Gasteiger partial charge in [-0.2, -0.15) is 13.2 Å². The van der Waals surface area contributed by atoms with Gasteiger partial charge >= 0.3 is 12.1 Å². The zero-order valence-corrected chi connectivity index (χ0v) is 8.87. The lowest BCUT2D eigenvalue weighted by Gasteiger charge is -2.24. The van der Waals surface area contributed by atoms with Gasteiger partial charge in [0.1, 0.15) is 19.2 Å². The minimum atomic E-state index is -4.62. The molecule has 0 aliphatic carbocycles. The Morgan fingerprint density at radius 1 is 1.41 bits per heavy atom. The average Bonchev–Trinajstić information content (AvgIpc) is 2.65. The van der Waals surface area contributed by atoms with E-state index in [0.717, 1.165) is 0 Å². The van der Waals surface area contributed by atoms with Crippen LogP contribution >= 0.6 is 0 Å². The molecule has 0 saturated carbocycles. The zero-order chi connectivity index (χ0) is 13.1. The van der Waals surface area contributed by atoms with Gasteiger partial charge in [-0.05, 0) is 12.8 Å². The molecule has 0 radical (unpaired) electrons. The third-order valence-electron chi connectivity index (χ3n) is 2.21. The van der Waals surface area contributed by atoms with Crippen LogP contribution < -0.4 is 0 Å². The summed E-state index contributed by atoms with van der Waals surface area (Å²) in [4.78, 5) is 22.3. The fourth-order valence-electron chi connectivity index (χ4n) is 1.57. The molecule has 1 N–H and O–H groups in total. The number of carboxylic acids is 1. The minimum Gasteiger partial charge on any atom is -0.480 e. The second-order valence-corrected chi connectivity index (χ2v) is 3.70. The Bertz CT molecular complexity index is 299. The van der Waals surface area contributed by atoms with Gasteiger partial charge in [0.25, 0.3) is 5.91 Å². The summed E-state index contributed by atoms with van der Waals surface area (Å²) in [7, 11) is 0. The molecule has 1 atom stereocenters. The average molecular weight is 255 g/mol. The number of rotatable bonds is 4. The molecule has 1 rings (SSSR count). The summed E-state index contributed by atoms with van der Waals surface area (Å²) in [6.07, 6.45) is -4.66. The van der Waals surface area contributed by atoms with Crippen LogP contribution in [0, 0.1) is 0 Å². The maximum absolute atomic E-state index is 12.2. The summed E-state index contributed by atoms with van der Waals surface area (Å²) in [5.74, 6) is -2.40. The Morgan fingerprint density at radius 3 is 2.47 bits per heavy atom. The third-order valence-corrected chi connectivity index (χ3v) is 2.21. The van der Waals surface area contributed by atoms with Crippen molar-refractivity contribution in [2.75, 3.05) is 19.7 Å². The number of halogens is 3. The summed E-state index contributed by atoms with van der Waals surface area (Å²) < 4.78 is 41.5. The number of carbonyl (C=O) groups is 2.